The normalized spacial score (nSPS) is 10.9. The van der Waals surface area contributed by atoms with Crippen LogP contribution < -0.4 is 11.1 Å². The molecule has 1 aromatic carbocycles. The number of benzene rings is 1. The Kier molecular flexibility index (Phi) is 16.1. The monoisotopic (exact) mass is 448 g/mol. The summed E-state index contributed by atoms with van der Waals surface area (Å²) in [6, 6.07) is 5.25. The zero-order valence-corrected chi connectivity index (χ0v) is 20.7. The van der Waals surface area contributed by atoms with E-state index in [1.807, 2.05) is 6.07 Å². The van der Waals surface area contributed by atoms with Crippen LogP contribution in [0.1, 0.15) is 121 Å². The highest BCUT2D eigenvalue weighted by Crippen LogP contribution is 2.28. The molecule has 0 saturated heterocycles. The van der Waals surface area contributed by atoms with Crippen molar-refractivity contribution in [2.24, 2.45) is 5.73 Å². The zero-order valence-electron chi connectivity index (χ0n) is 19.8. The van der Waals surface area contributed by atoms with Gasteiger partial charge in [-0.2, -0.15) is 0 Å². The minimum Gasteiger partial charge on any atom is -0.366 e. The largest absolute Gasteiger partial charge is 0.366 e. The first kappa shape index (κ1) is 27.5. The molecule has 0 aliphatic heterocycles. The van der Waals surface area contributed by atoms with E-state index < -0.39 is 5.91 Å². The molecule has 1 rings (SSSR count). The van der Waals surface area contributed by atoms with Gasteiger partial charge in [0.25, 0.3) is 0 Å². The summed E-state index contributed by atoms with van der Waals surface area (Å²) in [6.07, 6.45) is 18.8. The van der Waals surface area contributed by atoms with E-state index in [1.54, 1.807) is 23.9 Å². The van der Waals surface area contributed by atoms with Gasteiger partial charge in [0.15, 0.2) is 0 Å². The van der Waals surface area contributed by atoms with E-state index >= 15 is 0 Å². The van der Waals surface area contributed by atoms with Crippen molar-refractivity contribution in [2.75, 3.05) is 11.1 Å². The highest BCUT2D eigenvalue weighted by atomic mass is 32.2. The first-order valence-corrected chi connectivity index (χ1v) is 13.4. The molecule has 2 amide bonds. The van der Waals surface area contributed by atoms with Gasteiger partial charge in [0.1, 0.15) is 0 Å². The Balaban J connectivity index is 2.10. The third-order valence-electron chi connectivity index (χ3n) is 5.60. The lowest BCUT2D eigenvalue weighted by Crippen LogP contribution is -2.15. The predicted octanol–water partition coefficient (Wildman–Crippen LogP) is 7.71. The third-order valence-corrected chi connectivity index (χ3v) is 6.55. The van der Waals surface area contributed by atoms with Gasteiger partial charge in [-0.1, -0.05) is 97.3 Å². The average Bonchev–Trinajstić information content (AvgIpc) is 2.75. The molecule has 0 bridgehead atoms. The van der Waals surface area contributed by atoms with Crippen molar-refractivity contribution in [3.8, 4) is 0 Å². The number of rotatable bonds is 19. The van der Waals surface area contributed by atoms with Crippen LogP contribution in [0.5, 0.6) is 0 Å². The number of nitrogens with one attached hydrogen (secondary N) is 1. The molecule has 5 heteroatoms. The number of amides is 2. The van der Waals surface area contributed by atoms with Gasteiger partial charge in [-0.15, -0.1) is 11.8 Å². The summed E-state index contributed by atoms with van der Waals surface area (Å²) in [5, 5.41) is 2.97. The Morgan fingerprint density at radius 2 is 1.32 bits per heavy atom. The van der Waals surface area contributed by atoms with E-state index in [9.17, 15) is 9.59 Å². The number of nitrogens with two attached hydrogens (primary N) is 1. The van der Waals surface area contributed by atoms with E-state index in [2.05, 4.69) is 19.2 Å². The van der Waals surface area contributed by atoms with Gasteiger partial charge in [-0.05, 0) is 30.4 Å². The Bertz CT molecular complexity index is 634. The molecule has 31 heavy (non-hydrogen) atoms. The number of hydrogen-bond donors (Lipinski definition) is 2. The standard InChI is InChI=1S/C26H44N2O2S/c1-3-5-6-7-8-9-10-11-12-13-14-15-16-17-18-25(29)28-23-21-22(26(27)30)19-20-24(23)31-4-2/h19-21H,3-18H2,1-2H3,(H2,27,30)(H,28,29). The molecular weight excluding hydrogens is 404 g/mol. The van der Waals surface area contributed by atoms with Gasteiger partial charge >= 0.3 is 0 Å². The quantitative estimate of drug-likeness (QED) is 0.168. The van der Waals surface area contributed by atoms with E-state index in [-0.39, 0.29) is 5.91 Å². The van der Waals surface area contributed by atoms with Gasteiger partial charge in [-0.25, -0.2) is 0 Å². The van der Waals surface area contributed by atoms with Gasteiger partial charge in [-0.3, -0.25) is 9.59 Å². The van der Waals surface area contributed by atoms with Crippen molar-refractivity contribution in [1.82, 2.24) is 0 Å². The average molecular weight is 449 g/mol. The molecule has 0 unspecified atom stereocenters. The summed E-state index contributed by atoms with van der Waals surface area (Å²) in [5.41, 5.74) is 6.49. The Labute approximate surface area is 194 Å². The molecule has 0 fully saturated rings. The molecule has 1 aromatic rings. The fourth-order valence-electron chi connectivity index (χ4n) is 3.76. The van der Waals surface area contributed by atoms with Crippen molar-refractivity contribution in [1.29, 1.82) is 0 Å². The Morgan fingerprint density at radius 1 is 0.806 bits per heavy atom. The number of carbonyl (C=O) groups excluding carboxylic acids is 2. The molecule has 3 N–H and O–H groups in total. The van der Waals surface area contributed by atoms with Crippen LogP contribution in [0.4, 0.5) is 5.69 Å². The van der Waals surface area contributed by atoms with Crippen LogP contribution in [-0.4, -0.2) is 17.6 Å². The predicted molar refractivity (Wildman–Crippen MR) is 135 cm³/mol. The maximum absolute atomic E-state index is 12.3. The Morgan fingerprint density at radius 3 is 1.81 bits per heavy atom. The number of primary amides is 1. The lowest BCUT2D eigenvalue weighted by molar-refractivity contribution is -0.116. The van der Waals surface area contributed by atoms with Crippen LogP contribution in [0.15, 0.2) is 23.1 Å². The zero-order chi connectivity index (χ0) is 22.7. The summed E-state index contributed by atoms with van der Waals surface area (Å²) < 4.78 is 0. The number of thioether (sulfide) groups is 1. The van der Waals surface area contributed by atoms with Crippen LogP contribution in [0.3, 0.4) is 0 Å². The second-order valence-corrected chi connectivity index (χ2v) is 9.71. The van der Waals surface area contributed by atoms with Gasteiger partial charge in [0.05, 0.1) is 5.69 Å². The van der Waals surface area contributed by atoms with E-state index in [4.69, 9.17) is 5.73 Å². The topological polar surface area (TPSA) is 72.2 Å². The minimum absolute atomic E-state index is 0.0125. The summed E-state index contributed by atoms with van der Waals surface area (Å²) in [4.78, 5) is 24.7. The Hall–Kier alpha value is -1.49. The minimum atomic E-state index is -0.476. The summed E-state index contributed by atoms with van der Waals surface area (Å²) in [5.74, 6) is 0.437. The van der Waals surface area contributed by atoms with Crippen LogP contribution >= 0.6 is 11.8 Å². The fraction of sp³-hybridized carbons (Fsp3) is 0.692. The lowest BCUT2D eigenvalue weighted by Gasteiger charge is -2.11. The summed E-state index contributed by atoms with van der Waals surface area (Å²) in [6.45, 7) is 4.33. The van der Waals surface area contributed by atoms with Crippen molar-refractivity contribution < 1.29 is 9.59 Å². The lowest BCUT2D eigenvalue weighted by atomic mass is 10.0. The molecule has 0 saturated carbocycles. The van der Waals surface area contributed by atoms with Crippen molar-refractivity contribution in [3.05, 3.63) is 23.8 Å². The molecular formula is C26H44N2O2S. The van der Waals surface area contributed by atoms with Crippen LogP contribution in [0.25, 0.3) is 0 Å². The van der Waals surface area contributed by atoms with Crippen molar-refractivity contribution >= 4 is 29.3 Å². The summed E-state index contributed by atoms with van der Waals surface area (Å²) >= 11 is 1.65. The maximum atomic E-state index is 12.3. The smallest absolute Gasteiger partial charge is 0.248 e. The molecule has 4 nitrogen and oxygen atoms in total. The second-order valence-electron chi connectivity index (χ2n) is 8.40. The van der Waals surface area contributed by atoms with Gasteiger partial charge < -0.3 is 11.1 Å². The SMILES string of the molecule is CCCCCCCCCCCCCCCCC(=O)Nc1cc(C(N)=O)ccc1SCC. The van der Waals surface area contributed by atoms with Gasteiger partial charge in [0, 0.05) is 16.9 Å². The summed E-state index contributed by atoms with van der Waals surface area (Å²) in [7, 11) is 0. The van der Waals surface area contributed by atoms with Crippen LogP contribution in [0.2, 0.25) is 0 Å². The molecule has 176 valence electrons. The van der Waals surface area contributed by atoms with E-state index in [0.29, 0.717) is 17.7 Å². The third kappa shape index (κ3) is 13.5. The molecule has 0 aliphatic rings. The molecule has 0 aliphatic carbocycles. The first-order valence-electron chi connectivity index (χ1n) is 12.4. The first-order chi connectivity index (χ1) is 15.1. The molecule has 0 atom stereocenters. The highest BCUT2D eigenvalue weighted by Gasteiger charge is 2.10. The van der Waals surface area contributed by atoms with Crippen molar-refractivity contribution in [2.45, 2.75) is 115 Å². The molecule has 0 radical (unpaired) electrons. The van der Waals surface area contributed by atoms with Crippen LogP contribution in [0, 0.1) is 0 Å². The molecule has 0 heterocycles. The number of hydrogen-bond acceptors (Lipinski definition) is 3. The van der Waals surface area contributed by atoms with E-state index in [0.717, 1.165) is 23.5 Å². The number of anilines is 1. The fourth-order valence-corrected chi connectivity index (χ4v) is 4.50. The maximum Gasteiger partial charge on any atom is 0.248 e. The molecule has 0 aromatic heterocycles. The van der Waals surface area contributed by atoms with Crippen molar-refractivity contribution in [3.63, 3.8) is 0 Å². The molecule has 0 spiro atoms. The second kappa shape index (κ2) is 18.1. The highest BCUT2D eigenvalue weighted by molar-refractivity contribution is 7.99. The van der Waals surface area contributed by atoms with Gasteiger partial charge in [0.2, 0.25) is 11.8 Å². The number of unbranched alkanes of at least 4 members (excludes halogenated alkanes) is 13. The van der Waals surface area contributed by atoms with Crippen LogP contribution in [-0.2, 0) is 4.79 Å². The number of carbonyl (C=O) groups is 2. The van der Waals surface area contributed by atoms with E-state index in [1.165, 1.54) is 77.0 Å².